The quantitative estimate of drug-likeness (QED) is 0.914. The maximum atomic E-state index is 13.1. The van der Waals surface area contributed by atoms with Gasteiger partial charge in [-0.05, 0) is 59.8 Å². The molecule has 1 aliphatic rings. The molecule has 1 aromatic carbocycles. The van der Waals surface area contributed by atoms with Gasteiger partial charge in [0.1, 0.15) is 5.82 Å². The third kappa shape index (κ3) is 2.36. The van der Waals surface area contributed by atoms with Gasteiger partial charge in [0.05, 0.1) is 6.04 Å². The molecule has 5 heteroatoms. The first-order chi connectivity index (χ1) is 9.13. The molecule has 2 aromatic rings. The molecular formula is C14H11ClFNO2. The Bertz CT molecular complexity index is 638. The van der Waals surface area contributed by atoms with E-state index in [1.807, 2.05) is 0 Å². The maximum absolute atomic E-state index is 13.1. The molecule has 1 aromatic heterocycles. The van der Waals surface area contributed by atoms with Gasteiger partial charge < -0.3 is 9.73 Å². The molecule has 3 rings (SSSR count). The number of hydrogen-bond acceptors (Lipinski definition) is 2. The summed E-state index contributed by atoms with van der Waals surface area (Å²) in [5, 5.41) is 3.05. The molecule has 1 aliphatic carbocycles. The molecule has 98 valence electrons. The standard InChI is InChI=1S/C14H11ClFNO2/c15-13-6-5-12(19-13)14(18)17-11-4-1-8-7-9(16)2-3-10(8)11/h2-3,5-7,11H,1,4H2,(H,17,18). The van der Waals surface area contributed by atoms with E-state index in [0.717, 1.165) is 24.0 Å². The Hall–Kier alpha value is -1.81. The van der Waals surface area contributed by atoms with Crippen LogP contribution in [0.2, 0.25) is 5.22 Å². The summed E-state index contributed by atoms with van der Waals surface area (Å²) in [7, 11) is 0. The summed E-state index contributed by atoms with van der Waals surface area (Å²) in [5.41, 5.74) is 1.91. The van der Waals surface area contributed by atoms with Crippen molar-refractivity contribution in [1.82, 2.24) is 5.32 Å². The monoisotopic (exact) mass is 279 g/mol. The van der Waals surface area contributed by atoms with Gasteiger partial charge in [-0.25, -0.2) is 4.39 Å². The second kappa shape index (κ2) is 4.70. The zero-order chi connectivity index (χ0) is 13.4. The van der Waals surface area contributed by atoms with Crippen LogP contribution in [0.3, 0.4) is 0 Å². The molecular weight excluding hydrogens is 269 g/mol. The van der Waals surface area contributed by atoms with E-state index >= 15 is 0 Å². The second-order valence-electron chi connectivity index (χ2n) is 4.51. The third-order valence-corrected chi connectivity index (χ3v) is 3.49. The Balaban J connectivity index is 1.78. The highest BCUT2D eigenvalue weighted by Crippen LogP contribution is 2.31. The third-order valence-electron chi connectivity index (χ3n) is 3.29. The summed E-state index contributed by atoms with van der Waals surface area (Å²) in [6.45, 7) is 0. The highest BCUT2D eigenvalue weighted by atomic mass is 35.5. The van der Waals surface area contributed by atoms with Gasteiger partial charge in [0.2, 0.25) is 0 Å². The molecule has 0 saturated carbocycles. The largest absolute Gasteiger partial charge is 0.440 e. The summed E-state index contributed by atoms with van der Waals surface area (Å²) < 4.78 is 18.2. The van der Waals surface area contributed by atoms with Crippen LogP contribution < -0.4 is 5.32 Å². The number of rotatable bonds is 2. The average molecular weight is 280 g/mol. The molecule has 0 saturated heterocycles. The molecule has 1 unspecified atom stereocenters. The molecule has 1 amide bonds. The van der Waals surface area contributed by atoms with Crippen molar-refractivity contribution in [2.75, 3.05) is 0 Å². The Kier molecular flexibility index (Phi) is 3.03. The van der Waals surface area contributed by atoms with Gasteiger partial charge in [-0.3, -0.25) is 4.79 Å². The van der Waals surface area contributed by atoms with E-state index in [4.69, 9.17) is 16.0 Å². The van der Waals surface area contributed by atoms with Crippen LogP contribution in [0.15, 0.2) is 34.7 Å². The number of benzene rings is 1. The number of hydrogen-bond donors (Lipinski definition) is 1. The average Bonchev–Trinajstić information content (AvgIpc) is 2.96. The summed E-state index contributed by atoms with van der Waals surface area (Å²) in [5.74, 6) is -0.377. The van der Waals surface area contributed by atoms with Crippen LogP contribution in [-0.4, -0.2) is 5.91 Å². The molecule has 19 heavy (non-hydrogen) atoms. The smallest absolute Gasteiger partial charge is 0.287 e. The van der Waals surface area contributed by atoms with E-state index < -0.39 is 0 Å². The lowest BCUT2D eigenvalue weighted by Crippen LogP contribution is -2.26. The minimum absolute atomic E-state index is 0.105. The molecule has 0 aliphatic heterocycles. The van der Waals surface area contributed by atoms with Crippen LogP contribution in [0.1, 0.15) is 34.1 Å². The highest BCUT2D eigenvalue weighted by molar-refractivity contribution is 6.29. The van der Waals surface area contributed by atoms with Crippen LogP contribution in [0.4, 0.5) is 4.39 Å². The van der Waals surface area contributed by atoms with E-state index in [0.29, 0.717) is 0 Å². The summed E-state index contributed by atoms with van der Waals surface area (Å²) in [6.07, 6.45) is 1.52. The van der Waals surface area contributed by atoms with Crippen molar-refractivity contribution >= 4 is 17.5 Å². The fourth-order valence-corrected chi connectivity index (χ4v) is 2.55. The van der Waals surface area contributed by atoms with Gasteiger partial charge >= 0.3 is 0 Å². The van der Waals surface area contributed by atoms with Gasteiger partial charge in [0, 0.05) is 0 Å². The molecule has 0 fully saturated rings. The summed E-state index contributed by atoms with van der Waals surface area (Å²) >= 11 is 5.63. The van der Waals surface area contributed by atoms with Crippen LogP contribution in [0.5, 0.6) is 0 Å². The van der Waals surface area contributed by atoms with Gasteiger partial charge in [0.25, 0.3) is 5.91 Å². The number of furan rings is 1. The van der Waals surface area contributed by atoms with Gasteiger partial charge in [-0.15, -0.1) is 0 Å². The first-order valence-corrected chi connectivity index (χ1v) is 6.36. The van der Waals surface area contributed by atoms with E-state index in [9.17, 15) is 9.18 Å². The van der Waals surface area contributed by atoms with Crippen LogP contribution in [-0.2, 0) is 6.42 Å². The van der Waals surface area contributed by atoms with Crippen molar-refractivity contribution in [3.8, 4) is 0 Å². The molecule has 1 N–H and O–H groups in total. The molecule has 1 atom stereocenters. The van der Waals surface area contributed by atoms with Crippen LogP contribution in [0, 0.1) is 5.82 Å². The number of nitrogens with one attached hydrogen (secondary N) is 1. The summed E-state index contributed by atoms with van der Waals surface area (Å²) in [6, 6.07) is 7.59. The second-order valence-corrected chi connectivity index (χ2v) is 4.88. The number of carbonyl (C=O) groups excluding carboxylic acids is 1. The zero-order valence-corrected chi connectivity index (χ0v) is 10.7. The number of aryl methyl sites for hydroxylation is 1. The Morgan fingerprint density at radius 3 is 2.95 bits per heavy atom. The maximum Gasteiger partial charge on any atom is 0.287 e. The van der Waals surface area contributed by atoms with Gasteiger partial charge in [-0.1, -0.05) is 6.07 Å². The first kappa shape index (κ1) is 12.2. The Morgan fingerprint density at radius 1 is 1.37 bits per heavy atom. The van der Waals surface area contributed by atoms with Crippen LogP contribution >= 0.6 is 11.6 Å². The van der Waals surface area contributed by atoms with Gasteiger partial charge in [-0.2, -0.15) is 0 Å². The molecule has 0 bridgehead atoms. The van der Waals surface area contributed by atoms with E-state index in [1.54, 1.807) is 6.07 Å². The topological polar surface area (TPSA) is 42.2 Å². The van der Waals surface area contributed by atoms with Gasteiger partial charge in [0.15, 0.2) is 11.0 Å². The predicted octanol–water partition coefficient (Wildman–Crippen LogP) is 3.49. The van der Waals surface area contributed by atoms with E-state index in [1.165, 1.54) is 24.3 Å². The lowest BCUT2D eigenvalue weighted by atomic mass is 10.1. The Labute approximate surface area is 114 Å². The first-order valence-electron chi connectivity index (χ1n) is 5.98. The number of carbonyl (C=O) groups is 1. The lowest BCUT2D eigenvalue weighted by molar-refractivity contribution is 0.0909. The van der Waals surface area contributed by atoms with E-state index in [-0.39, 0.29) is 28.7 Å². The zero-order valence-electron chi connectivity index (χ0n) is 9.95. The number of halogens is 2. The Morgan fingerprint density at radius 2 is 2.21 bits per heavy atom. The number of fused-ring (bicyclic) bond motifs is 1. The fraction of sp³-hybridized carbons (Fsp3) is 0.214. The normalized spacial score (nSPS) is 17.3. The predicted molar refractivity (Wildman–Crippen MR) is 68.6 cm³/mol. The number of amides is 1. The highest BCUT2D eigenvalue weighted by Gasteiger charge is 2.25. The van der Waals surface area contributed by atoms with Crippen molar-refractivity contribution in [2.24, 2.45) is 0 Å². The lowest BCUT2D eigenvalue weighted by Gasteiger charge is -2.12. The molecule has 3 nitrogen and oxygen atoms in total. The van der Waals surface area contributed by atoms with Crippen molar-refractivity contribution in [2.45, 2.75) is 18.9 Å². The molecule has 1 heterocycles. The van der Waals surface area contributed by atoms with Crippen molar-refractivity contribution in [3.63, 3.8) is 0 Å². The van der Waals surface area contributed by atoms with Crippen molar-refractivity contribution in [1.29, 1.82) is 0 Å². The minimum Gasteiger partial charge on any atom is -0.440 e. The SMILES string of the molecule is O=C(NC1CCc2cc(F)ccc21)c1ccc(Cl)o1. The fourth-order valence-electron chi connectivity index (χ4n) is 2.40. The van der Waals surface area contributed by atoms with Crippen molar-refractivity contribution in [3.05, 3.63) is 58.3 Å². The van der Waals surface area contributed by atoms with Crippen LogP contribution in [0.25, 0.3) is 0 Å². The van der Waals surface area contributed by atoms with E-state index in [2.05, 4.69) is 5.32 Å². The minimum atomic E-state index is -0.311. The summed E-state index contributed by atoms with van der Waals surface area (Å²) in [4.78, 5) is 12.0. The van der Waals surface area contributed by atoms with Crippen molar-refractivity contribution < 1.29 is 13.6 Å². The molecule has 0 spiro atoms. The molecule has 0 radical (unpaired) electrons.